The maximum atomic E-state index is 6.02. The van der Waals surface area contributed by atoms with E-state index in [1.807, 2.05) is 42.5 Å². The first kappa shape index (κ1) is 16.4. The summed E-state index contributed by atoms with van der Waals surface area (Å²) in [5.41, 5.74) is 4.54. The topological polar surface area (TPSA) is 21.3 Å². The lowest BCUT2D eigenvalue weighted by molar-refractivity contribution is 0.303. The van der Waals surface area contributed by atoms with Crippen molar-refractivity contribution in [3.63, 3.8) is 0 Å². The number of ether oxygens (including phenoxy) is 1. The van der Waals surface area contributed by atoms with Gasteiger partial charge < -0.3 is 10.1 Å². The minimum absolute atomic E-state index is 0.502. The lowest BCUT2D eigenvalue weighted by atomic mass is 10.1. The Kier molecular flexibility index (Phi) is 5.39. The number of nitrogens with one attached hydrogen (secondary N) is 1. The molecule has 0 aliphatic heterocycles. The van der Waals surface area contributed by atoms with E-state index in [0.717, 1.165) is 34.1 Å². The van der Waals surface area contributed by atoms with E-state index in [1.54, 1.807) is 0 Å². The van der Waals surface area contributed by atoms with Crippen LogP contribution in [0.25, 0.3) is 0 Å². The molecule has 0 saturated heterocycles. The molecule has 0 amide bonds. The molecular weight excluding hydrogens is 318 g/mol. The molecule has 3 aromatic carbocycles. The maximum absolute atomic E-state index is 6.02. The third-order valence-corrected chi connectivity index (χ3v) is 3.99. The fourth-order valence-electron chi connectivity index (χ4n) is 2.53. The summed E-state index contributed by atoms with van der Waals surface area (Å²) in [7, 11) is 0. The van der Waals surface area contributed by atoms with Gasteiger partial charge in [-0.15, -0.1) is 0 Å². The van der Waals surface area contributed by atoms with Gasteiger partial charge >= 0.3 is 0 Å². The Morgan fingerprint density at radius 1 is 0.917 bits per heavy atom. The van der Waals surface area contributed by atoms with E-state index in [1.165, 1.54) is 5.56 Å². The largest absolute Gasteiger partial charge is 0.489 e. The van der Waals surface area contributed by atoms with Crippen LogP contribution < -0.4 is 10.1 Å². The Bertz CT molecular complexity index is 748. The van der Waals surface area contributed by atoms with Crippen LogP contribution in [-0.2, 0) is 13.2 Å². The summed E-state index contributed by atoms with van der Waals surface area (Å²) in [6.45, 7) is 3.31. The standard InChI is InChI=1S/C21H20ClNO/c1-16-6-4-10-20(12-16)23-14-18-8-2-3-11-21(18)24-15-17-7-5-9-19(22)13-17/h2-13,23H,14-15H2,1H3. The molecule has 2 nitrogen and oxygen atoms in total. The van der Waals surface area contributed by atoms with E-state index in [9.17, 15) is 0 Å². The zero-order valence-electron chi connectivity index (χ0n) is 13.6. The molecule has 0 spiro atoms. The quantitative estimate of drug-likeness (QED) is 0.610. The normalized spacial score (nSPS) is 10.4. The Hall–Kier alpha value is -2.45. The molecule has 3 aromatic rings. The molecule has 0 saturated carbocycles. The van der Waals surface area contributed by atoms with E-state index in [4.69, 9.17) is 16.3 Å². The third kappa shape index (κ3) is 4.53. The van der Waals surface area contributed by atoms with Crippen molar-refractivity contribution in [1.82, 2.24) is 0 Å². The van der Waals surface area contributed by atoms with Crippen molar-refractivity contribution in [2.45, 2.75) is 20.1 Å². The van der Waals surface area contributed by atoms with E-state index in [-0.39, 0.29) is 0 Å². The summed E-state index contributed by atoms with van der Waals surface area (Å²) in [6, 6.07) is 24.2. The molecule has 3 heteroatoms. The van der Waals surface area contributed by atoms with Gasteiger partial charge in [-0.05, 0) is 48.4 Å². The van der Waals surface area contributed by atoms with Crippen molar-refractivity contribution < 1.29 is 4.74 Å². The zero-order valence-corrected chi connectivity index (χ0v) is 14.4. The monoisotopic (exact) mass is 337 g/mol. The summed E-state index contributed by atoms with van der Waals surface area (Å²) >= 11 is 6.02. The zero-order chi connectivity index (χ0) is 16.8. The van der Waals surface area contributed by atoms with Gasteiger partial charge in [-0.2, -0.15) is 0 Å². The highest BCUT2D eigenvalue weighted by Crippen LogP contribution is 2.22. The van der Waals surface area contributed by atoms with E-state index in [0.29, 0.717) is 6.61 Å². The second kappa shape index (κ2) is 7.89. The van der Waals surface area contributed by atoms with Gasteiger partial charge in [-0.25, -0.2) is 0 Å². The van der Waals surface area contributed by atoms with Gasteiger partial charge in [0.15, 0.2) is 0 Å². The van der Waals surface area contributed by atoms with Gasteiger partial charge in [0.25, 0.3) is 0 Å². The third-order valence-electron chi connectivity index (χ3n) is 3.76. The summed E-state index contributed by atoms with van der Waals surface area (Å²) in [5, 5.41) is 4.18. The number of hydrogen-bond acceptors (Lipinski definition) is 2. The molecule has 0 aromatic heterocycles. The molecule has 0 bridgehead atoms. The SMILES string of the molecule is Cc1cccc(NCc2ccccc2OCc2cccc(Cl)c2)c1. The smallest absolute Gasteiger partial charge is 0.124 e. The van der Waals surface area contributed by atoms with Crippen molar-refractivity contribution >= 4 is 17.3 Å². The van der Waals surface area contributed by atoms with Gasteiger partial charge in [0, 0.05) is 22.8 Å². The second-order valence-corrected chi connectivity index (χ2v) is 6.19. The van der Waals surface area contributed by atoms with Gasteiger partial charge in [-0.1, -0.05) is 54.1 Å². The molecule has 3 rings (SSSR count). The van der Waals surface area contributed by atoms with Crippen LogP contribution in [0.1, 0.15) is 16.7 Å². The molecule has 0 aliphatic carbocycles. The number of rotatable bonds is 6. The molecule has 0 fully saturated rings. The van der Waals surface area contributed by atoms with Gasteiger partial charge in [-0.3, -0.25) is 0 Å². The molecule has 24 heavy (non-hydrogen) atoms. The van der Waals surface area contributed by atoms with Crippen molar-refractivity contribution in [3.8, 4) is 5.75 Å². The van der Waals surface area contributed by atoms with Crippen LogP contribution in [0.2, 0.25) is 5.02 Å². The maximum Gasteiger partial charge on any atom is 0.124 e. The minimum Gasteiger partial charge on any atom is -0.489 e. The van der Waals surface area contributed by atoms with E-state index in [2.05, 4.69) is 42.6 Å². The van der Waals surface area contributed by atoms with Crippen LogP contribution in [0.15, 0.2) is 72.8 Å². The molecule has 0 heterocycles. The molecule has 122 valence electrons. The lowest BCUT2D eigenvalue weighted by Gasteiger charge is -2.13. The number of hydrogen-bond donors (Lipinski definition) is 1. The average Bonchev–Trinajstić information content (AvgIpc) is 2.59. The van der Waals surface area contributed by atoms with Crippen LogP contribution in [-0.4, -0.2) is 0 Å². The highest BCUT2D eigenvalue weighted by atomic mass is 35.5. The first-order chi connectivity index (χ1) is 11.7. The Morgan fingerprint density at radius 2 is 1.75 bits per heavy atom. The first-order valence-corrected chi connectivity index (χ1v) is 8.34. The van der Waals surface area contributed by atoms with Crippen LogP contribution in [0.3, 0.4) is 0 Å². The predicted molar refractivity (Wildman–Crippen MR) is 101 cm³/mol. The van der Waals surface area contributed by atoms with Crippen LogP contribution in [0.5, 0.6) is 5.75 Å². The summed E-state index contributed by atoms with van der Waals surface area (Å²) in [6.07, 6.45) is 0. The van der Waals surface area contributed by atoms with E-state index < -0.39 is 0 Å². The van der Waals surface area contributed by atoms with Gasteiger partial charge in [0.1, 0.15) is 12.4 Å². The van der Waals surface area contributed by atoms with Crippen LogP contribution in [0.4, 0.5) is 5.69 Å². The fourth-order valence-corrected chi connectivity index (χ4v) is 2.74. The summed E-state index contributed by atoms with van der Waals surface area (Å²) in [4.78, 5) is 0. The Balaban J connectivity index is 1.66. The number of halogens is 1. The number of benzene rings is 3. The van der Waals surface area contributed by atoms with Crippen molar-refractivity contribution in [2.75, 3.05) is 5.32 Å². The van der Waals surface area contributed by atoms with Crippen LogP contribution >= 0.6 is 11.6 Å². The Morgan fingerprint density at radius 3 is 2.58 bits per heavy atom. The van der Waals surface area contributed by atoms with Crippen molar-refractivity contribution in [2.24, 2.45) is 0 Å². The predicted octanol–water partition coefficient (Wildman–Crippen LogP) is 5.84. The lowest BCUT2D eigenvalue weighted by Crippen LogP contribution is -2.03. The highest BCUT2D eigenvalue weighted by Gasteiger charge is 2.04. The second-order valence-electron chi connectivity index (χ2n) is 5.75. The van der Waals surface area contributed by atoms with Crippen molar-refractivity contribution in [1.29, 1.82) is 0 Å². The highest BCUT2D eigenvalue weighted by molar-refractivity contribution is 6.30. The van der Waals surface area contributed by atoms with Gasteiger partial charge in [0.05, 0.1) is 0 Å². The molecule has 0 radical (unpaired) electrons. The molecule has 0 aliphatic rings. The summed E-state index contributed by atoms with van der Waals surface area (Å²) in [5.74, 6) is 0.887. The van der Waals surface area contributed by atoms with Crippen LogP contribution in [0, 0.1) is 6.92 Å². The number of anilines is 1. The average molecular weight is 338 g/mol. The Labute approximate surface area is 148 Å². The molecule has 0 atom stereocenters. The molecule has 1 N–H and O–H groups in total. The fraction of sp³-hybridized carbons (Fsp3) is 0.143. The van der Waals surface area contributed by atoms with E-state index >= 15 is 0 Å². The molecule has 0 unspecified atom stereocenters. The number of para-hydroxylation sites is 1. The van der Waals surface area contributed by atoms with Crippen molar-refractivity contribution in [3.05, 3.63) is 94.5 Å². The first-order valence-electron chi connectivity index (χ1n) is 7.96. The molecular formula is C21H20ClNO. The summed E-state index contributed by atoms with van der Waals surface area (Å²) < 4.78 is 5.99. The number of aryl methyl sites for hydroxylation is 1. The van der Waals surface area contributed by atoms with Gasteiger partial charge in [0.2, 0.25) is 0 Å². The minimum atomic E-state index is 0.502.